The predicted octanol–water partition coefficient (Wildman–Crippen LogP) is -2.42. The minimum Gasteiger partial charge on any atom is -0.479 e. The van der Waals surface area contributed by atoms with Crippen LogP contribution in [-0.4, -0.2) is 75.4 Å². The van der Waals surface area contributed by atoms with E-state index in [1.165, 1.54) is 0 Å². The molecule has 0 saturated carbocycles. The summed E-state index contributed by atoms with van der Waals surface area (Å²) in [6.45, 7) is 1.04. The number of nitrogens with zero attached hydrogens (tertiary/aromatic N) is 1. The number of aliphatic carboxylic acids is 1. The molecule has 0 rings (SSSR count). The van der Waals surface area contributed by atoms with Crippen LogP contribution < -0.4 is 22.9 Å². The third-order valence-corrected chi connectivity index (χ3v) is 4.65. The summed E-state index contributed by atoms with van der Waals surface area (Å²) in [6, 6.07) is -3.00. The van der Waals surface area contributed by atoms with Crippen LogP contribution in [0.25, 0.3) is 0 Å². The molecule has 3 amide bonds. The summed E-state index contributed by atoms with van der Waals surface area (Å²) in [4.78, 5) is 62.7. The summed E-state index contributed by atoms with van der Waals surface area (Å²) >= 11 is 0. The lowest BCUT2D eigenvalue weighted by Crippen LogP contribution is -2.69. The Balaban J connectivity index is 6.52. The topological polar surface area (TPSA) is 233 Å². The summed E-state index contributed by atoms with van der Waals surface area (Å²) in [6.07, 6.45) is -0.375. The van der Waals surface area contributed by atoms with Gasteiger partial charge in [-0.2, -0.15) is 0 Å². The number of hydrogen-bond acceptors (Lipinski definition) is 9. The molecule has 0 aliphatic rings. The SMILES string of the molecule is CCCC(=O)[C@](CCC(N)=O)(C(=O)O)N(C(=O)C(N)CO)C(=O)C(N)CCCCN. The van der Waals surface area contributed by atoms with E-state index in [-0.39, 0.29) is 24.2 Å². The lowest BCUT2D eigenvalue weighted by molar-refractivity contribution is -0.173. The molecule has 0 radical (unpaired) electrons. The van der Waals surface area contributed by atoms with E-state index in [0.717, 1.165) is 0 Å². The third kappa shape index (κ3) is 6.83. The molecule has 10 N–H and O–H groups in total. The summed E-state index contributed by atoms with van der Waals surface area (Å²) < 4.78 is 0. The number of unbranched alkanes of at least 4 members (excludes halogenated alkanes) is 1. The van der Waals surface area contributed by atoms with Crippen molar-refractivity contribution in [2.75, 3.05) is 13.2 Å². The molecule has 0 aliphatic carbocycles. The predicted molar refractivity (Wildman–Crippen MR) is 107 cm³/mol. The van der Waals surface area contributed by atoms with E-state index in [0.29, 0.717) is 19.4 Å². The van der Waals surface area contributed by atoms with Gasteiger partial charge >= 0.3 is 5.97 Å². The number of ketones is 1. The number of hydrogen-bond donors (Lipinski definition) is 6. The lowest BCUT2D eigenvalue weighted by atomic mass is 9.83. The number of carboxylic acids is 1. The molecule has 0 aromatic carbocycles. The highest BCUT2D eigenvalue weighted by molar-refractivity contribution is 6.16. The number of carbonyl (C=O) groups excluding carboxylic acids is 4. The molecule has 0 aromatic heterocycles. The third-order valence-electron chi connectivity index (χ3n) is 4.65. The van der Waals surface area contributed by atoms with Crippen LogP contribution in [0.4, 0.5) is 0 Å². The Hall–Kier alpha value is -2.41. The maximum Gasteiger partial charge on any atom is 0.337 e. The van der Waals surface area contributed by atoms with E-state index in [4.69, 9.17) is 22.9 Å². The zero-order valence-corrected chi connectivity index (χ0v) is 17.2. The number of aliphatic hydroxyl groups is 1. The van der Waals surface area contributed by atoms with Crippen LogP contribution in [0.5, 0.6) is 0 Å². The molecule has 30 heavy (non-hydrogen) atoms. The van der Waals surface area contributed by atoms with E-state index >= 15 is 0 Å². The first-order valence-electron chi connectivity index (χ1n) is 9.76. The number of carbonyl (C=O) groups is 5. The molecule has 12 heteroatoms. The highest BCUT2D eigenvalue weighted by Gasteiger charge is 2.56. The van der Waals surface area contributed by atoms with Crippen LogP contribution in [0, 0.1) is 0 Å². The van der Waals surface area contributed by atoms with Gasteiger partial charge in [-0.1, -0.05) is 13.3 Å². The molecule has 2 unspecified atom stereocenters. The van der Waals surface area contributed by atoms with Gasteiger partial charge in [-0.15, -0.1) is 0 Å². The summed E-state index contributed by atoms with van der Waals surface area (Å²) in [5, 5.41) is 19.2. The first-order chi connectivity index (χ1) is 14.0. The van der Waals surface area contributed by atoms with E-state index in [2.05, 4.69) is 0 Å². The van der Waals surface area contributed by atoms with Crippen molar-refractivity contribution in [2.45, 2.75) is 69.5 Å². The van der Waals surface area contributed by atoms with Crippen LogP contribution in [0.3, 0.4) is 0 Å². The molecule has 172 valence electrons. The maximum absolute atomic E-state index is 13.1. The van der Waals surface area contributed by atoms with Gasteiger partial charge in [0, 0.05) is 12.8 Å². The standard InChI is InChI=1S/C18H33N5O7/c1-2-5-13(25)18(17(29)30,8-7-14(22)26)23(16(28)12(21)10-24)15(27)11(20)6-3-4-9-19/h11-12,24H,2-10,19-21H2,1H3,(H2,22,26)(H,29,30)/t11?,12?,18-/m1/s1. The first kappa shape index (κ1) is 27.6. The number of imide groups is 1. The van der Waals surface area contributed by atoms with Gasteiger partial charge in [-0.05, 0) is 32.2 Å². The molecular weight excluding hydrogens is 398 g/mol. The number of aliphatic hydroxyl groups excluding tert-OH is 1. The van der Waals surface area contributed by atoms with Gasteiger partial charge in [-0.3, -0.25) is 24.1 Å². The van der Waals surface area contributed by atoms with Gasteiger partial charge in [0.05, 0.1) is 12.6 Å². The number of primary amides is 1. The molecule has 0 aliphatic heterocycles. The smallest absolute Gasteiger partial charge is 0.337 e. The molecule has 0 spiro atoms. The van der Waals surface area contributed by atoms with Gasteiger partial charge in [0.2, 0.25) is 23.3 Å². The quantitative estimate of drug-likeness (QED) is 0.118. The Morgan fingerprint density at radius 1 is 1.00 bits per heavy atom. The number of carboxylic acid groups (broad SMARTS) is 1. The van der Waals surface area contributed by atoms with Crippen molar-refractivity contribution in [1.29, 1.82) is 0 Å². The Morgan fingerprint density at radius 3 is 2.00 bits per heavy atom. The van der Waals surface area contributed by atoms with Gasteiger partial charge in [-0.25, -0.2) is 4.79 Å². The molecule has 0 saturated heterocycles. The minimum atomic E-state index is -2.72. The normalized spacial score (nSPS) is 15.0. The number of amides is 3. The van der Waals surface area contributed by atoms with Crippen molar-refractivity contribution in [3.05, 3.63) is 0 Å². The maximum atomic E-state index is 13.1. The van der Waals surface area contributed by atoms with E-state index < -0.39 is 66.5 Å². The summed E-state index contributed by atoms with van der Waals surface area (Å²) in [5.41, 5.74) is 19.2. The second-order valence-corrected chi connectivity index (χ2v) is 7.00. The summed E-state index contributed by atoms with van der Waals surface area (Å²) in [7, 11) is 0. The number of nitrogens with two attached hydrogens (primary N) is 4. The van der Waals surface area contributed by atoms with Crippen molar-refractivity contribution in [3.63, 3.8) is 0 Å². The fourth-order valence-electron chi connectivity index (χ4n) is 2.96. The zero-order valence-electron chi connectivity index (χ0n) is 17.2. The second-order valence-electron chi connectivity index (χ2n) is 7.00. The monoisotopic (exact) mass is 431 g/mol. The van der Waals surface area contributed by atoms with Crippen LogP contribution >= 0.6 is 0 Å². The Kier molecular flexibility index (Phi) is 12.0. The second kappa shape index (κ2) is 13.0. The Bertz CT molecular complexity index is 642. The van der Waals surface area contributed by atoms with Crippen molar-refractivity contribution >= 4 is 29.5 Å². The van der Waals surface area contributed by atoms with Crippen LogP contribution in [-0.2, 0) is 24.0 Å². The summed E-state index contributed by atoms with van der Waals surface area (Å²) in [5.74, 6) is -6.14. The van der Waals surface area contributed by atoms with E-state index in [9.17, 15) is 34.2 Å². The average molecular weight is 431 g/mol. The molecule has 3 atom stereocenters. The molecule has 12 nitrogen and oxygen atoms in total. The van der Waals surface area contributed by atoms with Crippen molar-refractivity contribution in [1.82, 2.24) is 4.90 Å². The van der Waals surface area contributed by atoms with Gasteiger partial charge in [0.25, 0.3) is 0 Å². The number of Topliss-reactive ketones (excluding diaryl/α,β-unsaturated/α-hetero) is 1. The molecule has 0 heterocycles. The van der Waals surface area contributed by atoms with E-state index in [1.54, 1.807) is 6.92 Å². The zero-order chi connectivity index (χ0) is 23.5. The Morgan fingerprint density at radius 2 is 1.57 bits per heavy atom. The van der Waals surface area contributed by atoms with E-state index in [1.807, 2.05) is 0 Å². The largest absolute Gasteiger partial charge is 0.479 e. The van der Waals surface area contributed by atoms with Crippen molar-refractivity contribution in [2.24, 2.45) is 22.9 Å². The van der Waals surface area contributed by atoms with Gasteiger partial charge < -0.3 is 33.1 Å². The average Bonchev–Trinajstić information content (AvgIpc) is 2.69. The van der Waals surface area contributed by atoms with Gasteiger partial charge in [0.15, 0.2) is 5.78 Å². The Labute approximate surface area is 174 Å². The van der Waals surface area contributed by atoms with Gasteiger partial charge in [0.1, 0.15) is 6.04 Å². The van der Waals surface area contributed by atoms with Crippen LogP contribution in [0.1, 0.15) is 51.9 Å². The number of rotatable bonds is 15. The lowest BCUT2D eigenvalue weighted by Gasteiger charge is -2.40. The fraction of sp³-hybridized carbons (Fsp3) is 0.722. The molecular formula is C18H33N5O7. The fourth-order valence-corrected chi connectivity index (χ4v) is 2.96. The highest BCUT2D eigenvalue weighted by atomic mass is 16.4. The van der Waals surface area contributed by atoms with Crippen LogP contribution in [0.2, 0.25) is 0 Å². The van der Waals surface area contributed by atoms with Crippen molar-refractivity contribution in [3.8, 4) is 0 Å². The molecule has 0 bridgehead atoms. The minimum absolute atomic E-state index is 0.0711. The highest BCUT2D eigenvalue weighted by Crippen LogP contribution is 2.28. The molecule has 0 fully saturated rings. The van der Waals surface area contributed by atoms with Crippen LogP contribution in [0.15, 0.2) is 0 Å². The van der Waals surface area contributed by atoms with Crippen molar-refractivity contribution < 1.29 is 34.2 Å². The molecule has 0 aromatic rings. The first-order valence-corrected chi connectivity index (χ1v) is 9.76.